The largest absolute Gasteiger partial charge is 0.508 e. The summed E-state index contributed by atoms with van der Waals surface area (Å²) in [6.45, 7) is 10.6. The lowest BCUT2D eigenvalue weighted by atomic mass is 9.98. The Bertz CT molecular complexity index is 3710. The van der Waals surface area contributed by atoms with Gasteiger partial charge in [-0.3, -0.25) is 67.1 Å². The van der Waals surface area contributed by atoms with Crippen molar-refractivity contribution in [2.24, 2.45) is 34.8 Å². The number of amides is 13. The summed E-state index contributed by atoms with van der Waals surface area (Å²) < 4.78 is 0. The quantitative estimate of drug-likeness (QED) is 0.0284. The smallest absolute Gasteiger partial charge is 0.305 e. The molecule has 13 amide bonds. The summed E-state index contributed by atoms with van der Waals surface area (Å²) in [5.41, 5.74) is 26.2. The van der Waals surface area contributed by atoms with Crippen LogP contribution in [-0.4, -0.2) is 227 Å². The molecule has 0 spiro atoms. The number of hydrogen-bond acceptors (Lipinski definition) is 22. The van der Waals surface area contributed by atoms with Crippen LogP contribution in [0.3, 0.4) is 0 Å². The fraction of sp³-hybridized carbons (Fsp3) is 0.636. The number of aromatic hydroxyl groups is 1. The summed E-state index contributed by atoms with van der Waals surface area (Å²) in [5, 5.41) is 77.4. The van der Waals surface area contributed by atoms with E-state index in [4.69, 9.17) is 28.0 Å². The number of carboxylic acid groups (broad SMARTS) is 1. The fourth-order valence-electron chi connectivity index (χ4n) is 14.2. The summed E-state index contributed by atoms with van der Waals surface area (Å²) in [6.07, 6.45) is 4.41. The van der Waals surface area contributed by atoms with Gasteiger partial charge in [-0.15, -0.1) is 11.8 Å². The molecule has 0 aliphatic carbocycles. The average Bonchev–Trinajstić information content (AvgIpc) is 0.878. The molecule has 124 heavy (non-hydrogen) atoms. The van der Waals surface area contributed by atoms with Gasteiger partial charge in [0.05, 0.1) is 43.3 Å². The van der Waals surface area contributed by atoms with Gasteiger partial charge in [-0.25, -0.2) is 0 Å². The van der Waals surface area contributed by atoms with Gasteiger partial charge in [-0.1, -0.05) is 126 Å². The molecular formula is C88H143N17O18S. The number of carbonyl (C=O) groups is 14. The topological polar surface area (TPSA) is 580 Å². The number of nitrogens with two attached hydrogens (primary N) is 4. The molecule has 36 heteroatoms. The van der Waals surface area contributed by atoms with E-state index in [9.17, 15) is 82.4 Å². The average molecular weight is 1760 g/mol. The normalized spacial score (nSPS) is 14.1. The van der Waals surface area contributed by atoms with E-state index in [0.717, 1.165) is 11.1 Å². The van der Waals surface area contributed by atoms with Crippen molar-refractivity contribution in [2.45, 2.75) is 294 Å². The molecule has 3 rings (SSSR count). The van der Waals surface area contributed by atoms with Crippen molar-refractivity contribution in [1.29, 1.82) is 0 Å². The van der Waals surface area contributed by atoms with Crippen LogP contribution in [-0.2, 0) is 86.4 Å². The van der Waals surface area contributed by atoms with E-state index in [2.05, 4.69) is 69.1 Å². The van der Waals surface area contributed by atoms with Crippen molar-refractivity contribution < 1.29 is 87.5 Å². The van der Waals surface area contributed by atoms with Gasteiger partial charge in [0.15, 0.2) is 0 Å². The monoisotopic (exact) mass is 1760 g/mol. The van der Waals surface area contributed by atoms with Crippen LogP contribution in [0.5, 0.6) is 5.75 Å². The van der Waals surface area contributed by atoms with Crippen LogP contribution >= 0.6 is 11.8 Å². The lowest BCUT2D eigenvalue weighted by Crippen LogP contribution is -2.49. The molecule has 0 saturated carbocycles. The SMILES string of the molecule is CC(=O)NCSCC(=O)NCCCC[C@H](N)CC(=O)N[C@H](CC(=O)N[C@H](CC(=O)N[C@H](CC(=O)N[C@@H](CCCCN)CC(=O)N[C@H](CO)CC(=O)N[C@@H](CCCCN)CC(=O)N[C@H](CC(=O)N[C@H](CO)CC(=O)N[C@@H](CC(=O)N[C@@H](CCCCN)CC(=O)N[C@@H](C)CC(=O)O)C(C)C)Cc1ccccc1)CC(C)C)Cc1ccc(O)cc1)Cc1ccccc1. The third-order valence-corrected chi connectivity index (χ3v) is 21.1. The highest BCUT2D eigenvalue weighted by Gasteiger charge is 2.31. The van der Waals surface area contributed by atoms with Gasteiger partial charge in [0.1, 0.15) is 5.75 Å². The first-order valence-corrected chi connectivity index (χ1v) is 44.8. The van der Waals surface area contributed by atoms with Gasteiger partial charge in [-0.05, 0) is 144 Å². The van der Waals surface area contributed by atoms with Crippen molar-refractivity contribution in [3.8, 4) is 5.75 Å². The van der Waals surface area contributed by atoms with Gasteiger partial charge in [0.25, 0.3) is 0 Å². The Labute approximate surface area is 734 Å². The number of unbranched alkanes of at least 4 members (excludes halogenated alkanes) is 4. The zero-order valence-corrected chi connectivity index (χ0v) is 74.2. The van der Waals surface area contributed by atoms with Gasteiger partial charge in [-0.2, -0.15) is 0 Å². The molecule has 0 unspecified atom stereocenters. The predicted octanol–water partition coefficient (Wildman–Crippen LogP) is 2.05. The molecule has 35 nitrogen and oxygen atoms in total. The Kier molecular flexibility index (Phi) is 55.1. The van der Waals surface area contributed by atoms with E-state index in [1.807, 2.05) is 56.3 Å². The molecule has 12 atom stereocenters. The summed E-state index contributed by atoms with van der Waals surface area (Å²) in [7, 11) is 0. The summed E-state index contributed by atoms with van der Waals surface area (Å²) in [6, 6.07) is 15.5. The summed E-state index contributed by atoms with van der Waals surface area (Å²) in [4.78, 5) is 186. The Morgan fingerprint density at radius 3 is 1.09 bits per heavy atom. The highest BCUT2D eigenvalue weighted by molar-refractivity contribution is 7.99. The van der Waals surface area contributed by atoms with Crippen LogP contribution in [0.2, 0.25) is 0 Å². The second kappa shape index (κ2) is 63.1. The molecular weight excluding hydrogens is 1620 g/mol. The number of aliphatic carboxylic acids is 1. The number of hydrogen-bond donors (Lipinski definition) is 21. The molecule has 0 bridgehead atoms. The van der Waals surface area contributed by atoms with Crippen LogP contribution in [0.4, 0.5) is 0 Å². The van der Waals surface area contributed by atoms with Crippen LogP contribution in [0.25, 0.3) is 0 Å². The van der Waals surface area contributed by atoms with Gasteiger partial charge in [0, 0.05) is 145 Å². The Hall–Kier alpha value is -9.85. The van der Waals surface area contributed by atoms with Gasteiger partial charge >= 0.3 is 5.97 Å². The zero-order chi connectivity index (χ0) is 91.7. The Morgan fingerprint density at radius 2 is 0.702 bits per heavy atom. The second-order valence-electron chi connectivity index (χ2n) is 33.0. The second-order valence-corrected chi connectivity index (χ2v) is 34.0. The molecule has 694 valence electrons. The number of rotatable bonds is 67. The third-order valence-electron chi connectivity index (χ3n) is 20.3. The molecule has 0 aliphatic heterocycles. The molecule has 25 N–H and O–H groups in total. The maximum absolute atomic E-state index is 14.3. The molecule has 3 aromatic carbocycles. The van der Waals surface area contributed by atoms with Crippen LogP contribution in [0, 0.1) is 11.8 Å². The molecule has 0 radical (unpaired) electrons. The van der Waals surface area contributed by atoms with E-state index in [1.54, 1.807) is 51.1 Å². The third kappa shape index (κ3) is 52.7. The minimum Gasteiger partial charge on any atom is -0.508 e. The van der Waals surface area contributed by atoms with Crippen molar-refractivity contribution in [2.75, 3.05) is 51.0 Å². The minimum atomic E-state index is -1.11. The van der Waals surface area contributed by atoms with Gasteiger partial charge < -0.3 is 112 Å². The van der Waals surface area contributed by atoms with Gasteiger partial charge in [0.2, 0.25) is 76.8 Å². The number of carbonyl (C=O) groups excluding carboxylic acids is 13. The number of benzene rings is 3. The Morgan fingerprint density at radius 1 is 0.363 bits per heavy atom. The molecule has 0 aliphatic rings. The fourth-order valence-corrected chi connectivity index (χ4v) is 14.9. The van der Waals surface area contributed by atoms with Crippen LogP contribution in [0.1, 0.15) is 219 Å². The number of thioether (sulfide) groups is 1. The number of phenolic OH excluding ortho intramolecular Hbond substituents is 1. The molecule has 0 aromatic heterocycles. The predicted molar refractivity (Wildman–Crippen MR) is 475 cm³/mol. The van der Waals surface area contributed by atoms with Crippen molar-refractivity contribution >= 4 is 94.5 Å². The summed E-state index contributed by atoms with van der Waals surface area (Å²) >= 11 is 1.28. The molecule has 0 fully saturated rings. The number of nitrogens with one attached hydrogen (secondary N) is 13. The van der Waals surface area contributed by atoms with Crippen molar-refractivity contribution in [3.05, 3.63) is 102 Å². The zero-order valence-electron chi connectivity index (χ0n) is 73.3. The van der Waals surface area contributed by atoms with Crippen LogP contribution < -0.4 is 92.1 Å². The van der Waals surface area contributed by atoms with Crippen molar-refractivity contribution in [1.82, 2.24) is 69.1 Å². The maximum Gasteiger partial charge on any atom is 0.305 e. The van der Waals surface area contributed by atoms with E-state index in [1.165, 1.54) is 30.8 Å². The maximum atomic E-state index is 14.3. The van der Waals surface area contributed by atoms with Crippen LogP contribution in [0.15, 0.2) is 84.9 Å². The first-order valence-electron chi connectivity index (χ1n) is 43.6. The molecule has 0 saturated heterocycles. The summed E-state index contributed by atoms with van der Waals surface area (Å²) in [5.74, 6) is -6.75. The number of aliphatic hydroxyl groups is 2. The van der Waals surface area contributed by atoms with E-state index >= 15 is 0 Å². The molecule has 0 heterocycles. The highest BCUT2D eigenvalue weighted by Crippen LogP contribution is 2.19. The first-order chi connectivity index (χ1) is 59.1. The number of aliphatic hydroxyl groups excluding tert-OH is 2. The highest BCUT2D eigenvalue weighted by atomic mass is 32.2. The molecule has 3 aromatic rings. The number of carboxylic acids is 1. The van der Waals surface area contributed by atoms with Crippen molar-refractivity contribution in [3.63, 3.8) is 0 Å². The van der Waals surface area contributed by atoms with E-state index < -0.39 is 157 Å². The lowest BCUT2D eigenvalue weighted by molar-refractivity contribution is -0.138. The first kappa shape index (κ1) is 108. The Balaban J connectivity index is 1.69. The lowest BCUT2D eigenvalue weighted by Gasteiger charge is -2.26. The standard InChI is InChI=1S/C88H143N17O18S/c1-57(2)37-68(99-81(115)48-71(41-63-29-31-74(109)32-30-63)102-82(116)47-69(39-61-21-9-7-10-22-61)100-76(110)42-64(92)25-16-20-36-93-87(121)55-124-56-94-60(6)108)46-80(114)96-67(28-15-19-35-91)45-79(113)103-72(53-106)50-84(118)97-66(27-14-18-34-90)44-78(112)101-70(40-62-23-11-8-12-24-62)49-83(117)104-73(54-107)51-85(119)105-75(58(3)4)52-86(120)98-65(26-13-17-33-89)43-77(111)95-59(5)38-88(122)123/h7-12,21-24,29-32,57-59,64-73,75,106-107,109H,13-20,25-28,33-56,89-92H2,1-6H3,(H,93,121)(H,94,108)(H,95,111)(H,96,114)(H,97,118)(H,98,120)(H,99,115)(H,100,110)(H,101,112)(H,102,116)(H,103,113)(H,104,117)(H,105,119)(H,122,123)/t59-,64-,65-,66-,67-,68-,69-,70-,71-,72-,73-,75-/m0/s1. The van der Waals surface area contributed by atoms with E-state index in [-0.39, 0.29) is 125 Å². The van der Waals surface area contributed by atoms with E-state index in [0.29, 0.717) is 128 Å². The minimum absolute atomic E-state index is 0.0124. The number of phenols is 1.